The topological polar surface area (TPSA) is 59.8 Å². The number of halogens is 1. The van der Waals surface area contributed by atoms with Crippen LogP contribution in [-0.2, 0) is 6.54 Å². The van der Waals surface area contributed by atoms with Gasteiger partial charge < -0.3 is 0 Å². The van der Waals surface area contributed by atoms with Gasteiger partial charge in [0, 0.05) is 28.2 Å². The predicted molar refractivity (Wildman–Crippen MR) is 91.1 cm³/mol. The van der Waals surface area contributed by atoms with E-state index in [1.54, 1.807) is 16.9 Å². The molecule has 0 bridgehead atoms. The highest BCUT2D eigenvalue weighted by atomic mass is 79.9. The maximum atomic E-state index is 12.2. The molecular weight excluding hydrogens is 364 g/mol. The SMILES string of the molecule is CCn1nccc1C(=O)Nc1nc(-c2ccc(Br)cc2)cs1. The Kier molecular flexibility index (Phi) is 4.35. The van der Waals surface area contributed by atoms with Crippen LogP contribution in [0, 0.1) is 0 Å². The van der Waals surface area contributed by atoms with Crippen LogP contribution in [0.2, 0.25) is 0 Å². The molecule has 0 unspecified atom stereocenters. The third kappa shape index (κ3) is 3.10. The lowest BCUT2D eigenvalue weighted by Gasteiger charge is -2.03. The third-order valence-electron chi connectivity index (χ3n) is 3.11. The molecule has 7 heteroatoms. The van der Waals surface area contributed by atoms with Crippen LogP contribution in [0.5, 0.6) is 0 Å². The first-order valence-corrected chi connectivity index (χ1v) is 8.39. The molecule has 0 radical (unpaired) electrons. The second-order valence-electron chi connectivity index (χ2n) is 4.53. The molecule has 0 atom stereocenters. The summed E-state index contributed by atoms with van der Waals surface area (Å²) in [5.74, 6) is -0.198. The molecule has 0 saturated carbocycles. The predicted octanol–water partition coefficient (Wildman–Crippen LogP) is 4.04. The highest BCUT2D eigenvalue weighted by Gasteiger charge is 2.13. The standard InChI is InChI=1S/C15H13BrN4OS/c1-2-20-13(7-8-17-20)14(21)19-15-18-12(9-22-15)10-3-5-11(16)6-4-10/h3-9H,2H2,1H3,(H,18,19,21). The zero-order valence-corrected chi connectivity index (χ0v) is 14.2. The van der Waals surface area contributed by atoms with Crippen molar-refractivity contribution in [2.75, 3.05) is 5.32 Å². The van der Waals surface area contributed by atoms with Crippen molar-refractivity contribution in [1.82, 2.24) is 14.8 Å². The van der Waals surface area contributed by atoms with Crippen LogP contribution in [0.3, 0.4) is 0 Å². The number of thiazole rings is 1. The molecule has 1 amide bonds. The first-order chi connectivity index (χ1) is 10.7. The van der Waals surface area contributed by atoms with Crippen molar-refractivity contribution < 1.29 is 4.79 Å². The van der Waals surface area contributed by atoms with Gasteiger partial charge in [-0.25, -0.2) is 4.98 Å². The lowest BCUT2D eigenvalue weighted by molar-refractivity contribution is 0.101. The Hall–Kier alpha value is -1.99. The number of amides is 1. The van der Waals surface area contributed by atoms with Gasteiger partial charge in [-0.2, -0.15) is 5.10 Å². The van der Waals surface area contributed by atoms with Gasteiger partial charge in [0.15, 0.2) is 5.13 Å². The zero-order valence-electron chi connectivity index (χ0n) is 11.8. The second-order valence-corrected chi connectivity index (χ2v) is 6.30. The summed E-state index contributed by atoms with van der Waals surface area (Å²) >= 11 is 4.81. The molecule has 0 aliphatic carbocycles. The summed E-state index contributed by atoms with van der Waals surface area (Å²) in [5.41, 5.74) is 2.39. The van der Waals surface area contributed by atoms with E-state index in [2.05, 4.69) is 31.3 Å². The molecule has 0 aliphatic heterocycles. The fraction of sp³-hybridized carbons (Fsp3) is 0.133. The monoisotopic (exact) mass is 376 g/mol. The van der Waals surface area contributed by atoms with Gasteiger partial charge in [0.05, 0.1) is 5.69 Å². The van der Waals surface area contributed by atoms with Gasteiger partial charge in [0.25, 0.3) is 5.91 Å². The maximum Gasteiger partial charge on any atom is 0.275 e. The van der Waals surface area contributed by atoms with Crippen LogP contribution < -0.4 is 5.32 Å². The molecule has 1 aromatic carbocycles. The van der Waals surface area contributed by atoms with Crippen molar-refractivity contribution in [3.8, 4) is 11.3 Å². The Balaban J connectivity index is 1.77. The van der Waals surface area contributed by atoms with Crippen LogP contribution >= 0.6 is 27.3 Å². The van der Waals surface area contributed by atoms with E-state index in [1.807, 2.05) is 36.6 Å². The number of aromatic nitrogens is 3. The molecular formula is C15H13BrN4OS. The van der Waals surface area contributed by atoms with Gasteiger partial charge in [-0.1, -0.05) is 28.1 Å². The first-order valence-electron chi connectivity index (χ1n) is 6.72. The van der Waals surface area contributed by atoms with Gasteiger partial charge in [0.2, 0.25) is 0 Å². The number of hydrogen-bond donors (Lipinski definition) is 1. The largest absolute Gasteiger partial charge is 0.296 e. The number of carbonyl (C=O) groups excluding carboxylic acids is 1. The minimum atomic E-state index is -0.198. The number of anilines is 1. The van der Waals surface area contributed by atoms with Gasteiger partial charge in [-0.05, 0) is 25.1 Å². The molecule has 0 spiro atoms. The molecule has 3 rings (SSSR count). The molecule has 112 valence electrons. The minimum absolute atomic E-state index is 0.198. The van der Waals surface area contributed by atoms with E-state index in [-0.39, 0.29) is 5.91 Å². The van der Waals surface area contributed by atoms with Crippen molar-refractivity contribution in [1.29, 1.82) is 0 Å². The number of carbonyl (C=O) groups is 1. The van der Waals surface area contributed by atoms with Gasteiger partial charge in [-0.15, -0.1) is 11.3 Å². The van der Waals surface area contributed by atoms with E-state index < -0.39 is 0 Å². The molecule has 3 aromatic rings. The quantitative estimate of drug-likeness (QED) is 0.747. The Morgan fingerprint density at radius 1 is 1.32 bits per heavy atom. The molecule has 0 saturated heterocycles. The lowest BCUT2D eigenvalue weighted by atomic mass is 10.2. The average molecular weight is 377 g/mol. The summed E-state index contributed by atoms with van der Waals surface area (Å²) in [6, 6.07) is 9.59. The fourth-order valence-corrected chi connectivity index (χ4v) is 3.00. The smallest absolute Gasteiger partial charge is 0.275 e. The Bertz CT molecular complexity index is 794. The highest BCUT2D eigenvalue weighted by molar-refractivity contribution is 9.10. The molecule has 1 N–H and O–H groups in total. The molecule has 5 nitrogen and oxygen atoms in total. The summed E-state index contributed by atoms with van der Waals surface area (Å²) in [7, 11) is 0. The van der Waals surface area contributed by atoms with Crippen molar-refractivity contribution in [2.24, 2.45) is 0 Å². The highest BCUT2D eigenvalue weighted by Crippen LogP contribution is 2.26. The average Bonchev–Trinajstić information content (AvgIpc) is 3.16. The van der Waals surface area contributed by atoms with Crippen LogP contribution in [0.25, 0.3) is 11.3 Å². The van der Waals surface area contributed by atoms with Gasteiger partial charge >= 0.3 is 0 Å². The first kappa shape index (κ1) is 14.9. The number of rotatable bonds is 4. The van der Waals surface area contributed by atoms with Crippen LogP contribution in [-0.4, -0.2) is 20.7 Å². The summed E-state index contributed by atoms with van der Waals surface area (Å²) < 4.78 is 2.67. The fourth-order valence-electron chi connectivity index (χ4n) is 2.02. The van der Waals surface area contributed by atoms with E-state index in [4.69, 9.17) is 0 Å². The lowest BCUT2D eigenvalue weighted by Crippen LogP contribution is -2.17. The van der Waals surface area contributed by atoms with Gasteiger partial charge in [-0.3, -0.25) is 14.8 Å². The van der Waals surface area contributed by atoms with Crippen molar-refractivity contribution in [2.45, 2.75) is 13.5 Å². The number of hydrogen-bond acceptors (Lipinski definition) is 4. The van der Waals surface area contributed by atoms with Crippen LogP contribution in [0.4, 0.5) is 5.13 Å². The van der Waals surface area contributed by atoms with Crippen LogP contribution in [0.1, 0.15) is 17.4 Å². The van der Waals surface area contributed by atoms with E-state index in [0.717, 1.165) is 15.7 Å². The van der Waals surface area contributed by atoms with Crippen molar-refractivity contribution >= 4 is 38.3 Å². The number of aryl methyl sites for hydroxylation is 1. The van der Waals surface area contributed by atoms with E-state index in [1.165, 1.54) is 11.3 Å². The zero-order chi connectivity index (χ0) is 15.5. The molecule has 2 heterocycles. The normalized spacial score (nSPS) is 10.6. The van der Waals surface area contributed by atoms with Gasteiger partial charge in [0.1, 0.15) is 5.69 Å². The summed E-state index contributed by atoms with van der Waals surface area (Å²) in [4.78, 5) is 16.7. The third-order valence-corrected chi connectivity index (χ3v) is 4.40. The second kappa shape index (κ2) is 6.41. The maximum absolute atomic E-state index is 12.2. The molecule has 0 aliphatic rings. The molecule has 0 fully saturated rings. The van der Waals surface area contributed by atoms with E-state index >= 15 is 0 Å². The summed E-state index contributed by atoms with van der Waals surface area (Å²) in [5, 5.41) is 9.41. The Morgan fingerprint density at radius 2 is 2.09 bits per heavy atom. The summed E-state index contributed by atoms with van der Waals surface area (Å²) in [6.45, 7) is 2.59. The molecule has 22 heavy (non-hydrogen) atoms. The number of nitrogens with one attached hydrogen (secondary N) is 1. The minimum Gasteiger partial charge on any atom is -0.296 e. The number of benzene rings is 1. The Labute approximate surface area is 140 Å². The van der Waals surface area contributed by atoms with Crippen molar-refractivity contribution in [3.05, 3.63) is 52.1 Å². The van der Waals surface area contributed by atoms with Crippen LogP contribution in [0.15, 0.2) is 46.4 Å². The van der Waals surface area contributed by atoms with E-state index in [9.17, 15) is 4.79 Å². The number of nitrogens with zero attached hydrogens (tertiary/aromatic N) is 3. The molecule has 2 aromatic heterocycles. The van der Waals surface area contributed by atoms with Crippen molar-refractivity contribution in [3.63, 3.8) is 0 Å². The Morgan fingerprint density at radius 3 is 2.82 bits per heavy atom. The summed E-state index contributed by atoms with van der Waals surface area (Å²) in [6.07, 6.45) is 1.62. The van der Waals surface area contributed by atoms with E-state index in [0.29, 0.717) is 17.4 Å².